The molecule has 1 unspecified atom stereocenters. The molecule has 1 saturated carbocycles. The number of methoxy groups -OCH3 is 1. The van der Waals surface area contributed by atoms with Crippen LogP contribution in [0.3, 0.4) is 0 Å². The van der Waals surface area contributed by atoms with E-state index >= 15 is 0 Å². The number of hydrogen-bond donors (Lipinski definition) is 3. The van der Waals surface area contributed by atoms with Crippen LogP contribution in [-0.4, -0.2) is 46.6 Å². The predicted molar refractivity (Wildman–Crippen MR) is 157 cm³/mol. The summed E-state index contributed by atoms with van der Waals surface area (Å²) in [6.45, 7) is 0.471. The number of halogens is 1. The molecule has 0 bridgehead atoms. The van der Waals surface area contributed by atoms with Crippen LogP contribution in [-0.2, 0) is 9.59 Å². The molecule has 1 atom stereocenters. The minimum atomic E-state index is -1.17. The summed E-state index contributed by atoms with van der Waals surface area (Å²) < 4.78 is 25.0. The molecule has 2 heterocycles. The Labute approximate surface area is 246 Å². The summed E-state index contributed by atoms with van der Waals surface area (Å²) in [6.07, 6.45) is 2.97. The summed E-state index contributed by atoms with van der Waals surface area (Å²) in [7, 11) is 1.55. The molecule has 1 aromatic heterocycles. The Kier molecular flexibility index (Phi) is 7.31. The highest BCUT2D eigenvalue weighted by Gasteiger charge is 2.56. The highest BCUT2D eigenvalue weighted by molar-refractivity contribution is 6.16. The number of ether oxygens (including phenoxy) is 2. The van der Waals surface area contributed by atoms with Crippen molar-refractivity contribution >= 4 is 40.2 Å². The first-order chi connectivity index (χ1) is 20.8. The number of carbonyl (C=O) groups excluding carboxylic acids is 2. The molecule has 3 N–H and O–H groups in total. The summed E-state index contributed by atoms with van der Waals surface area (Å²) in [4.78, 5) is 43.5. The monoisotopic (exact) mass is 584 g/mol. The highest BCUT2D eigenvalue weighted by Crippen LogP contribution is 2.47. The van der Waals surface area contributed by atoms with Crippen molar-refractivity contribution in [3.05, 3.63) is 84.3 Å². The highest BCUT2D eigenvalue weighted by atomic mass is 19.1. The summed E-state index contributed by atoms with van der Waals surface area (Å²) in [5.74, 6) is 0.345. The van der Waals surface area contributed by atoms with E-state index in [2.05, 4.69) is 15.6 Å². The number of anilines is 2. The van der Waals surface area contributed by atoms with E-state index in [1.807, 2.05) is 12.1 Å². The lowest BCUT2D eigenvalue weighted by atomic mass is 10.0. The number of nitrogens with one attached hydrogen (secondary N) is 2. The Morgan fingerprint density at radius 2 is 1.60 bits per heavy atom. The molecule has 10 nitrogen and oxygen atoms in total. The second kappa shape index (κ2) is 11.2. The Morgan fingerprint density at radius 1 is 0.953 bits per heavy atom. The summed E-state index contributed by atoms with van der Waals surface area (Å²) >= 11 is 0. The van der Waals surface area contributed by atoms with Crippen molar-refractivity contribution in [3.8, 4) is 17.2 Å². The third kappa shape index (κ3) is 5.53. The molecule has 2 aliphatic rings. The fourth-order valence-electron chi connectivity index (χ4n) is 5.46. The van der Waals surface area contributed by atoms with Crippen molar-refractivity contribution in [2.75, 3.05) is 24.3 Å². The van der Waals surface area contributed by atoms with Crippen LogP contribution in [0, 0.1) is 11.2 Å². The molecule has 3 aromatic carbocycles. The van der Waals surface area contributed by atoms with Crippen molar-refractivity contribution in [1.82, 2.24) is 9.88 Å². The Hall–Kier alpha value is -5.19. The molecule has 0 radical (unpaired) electrons. The first-order valence-electron chi connectivity index (χ1n) is 13.9. The van der Waals surface area contributed by atoms with E-state index in [1.54, 1.807) is 43.6 Å². The number of pyridine rings is 1. The van der Waals surface area contributed by atoms with Gasteiger partial charge in [-0.05, 0) is 92.4 Å². The van der Waals surface area contributed by atoms with Crippen molar-refractivity contribution in [2.45, 2.75) is 31.7 Å². The summed E-state index contributed by atoms with van der Waals surface area (Å²) in [5.41, 5.74) is 1.16. The van der Waals surface area contributed by atoms with Gasteiger partial charge in [0.1, 0.15) is 28.5 Å². The Bertz CT molecular complexity index is 1710. The summed E-state index contributed by atoms with van der Waals surface area (Å²) in [6, 6.07) is 17.2. The molecular weight excluding hydrogens is 555 g/mol. The third-order valence-electron chi connectivity index (χ3n) is 7.97. The van der Waals surface area contributed by atoms with E-state index in [0.717, 1.165) is 12.0 Å². The van der Waals surface area contributed by atoms with Crippen molar-refractivity contribution in [1.29, 1.82) is 0 Å². The van der Waals surface area contributed by atoms with Gasteiger partial charge in [-0.3, -0.25) is 14.6 Å². The number of nitrogens with zero attached hydrogens (tertiary/aromatic N) is 2. The predicted octanol–water partition coefficient (Wildman–Crippen LogP) is 6.35. The first kappa shape index (κ1) is 28.0. The van der Waals surface area contributed by atoms with Gasteiger partial charge in [0.05, 0.1) is 18.7 Å². The lowest BCUT2D eigenvalue weighted by molar-refractivity contribution is -0.131. The molecular formula is C32H29FN4O6. The normalized spacial score (nSPS) is 16.9. The largest absolute Gasteiger partial charge is 0.496 e. The van der Waals surface area contributed by atoms with Gasteiger partial charge in [0.15, 0.2) is 0 Å². The van der Waals surface area contributed by atoms with Gasteiger partial charge in [0.25, 0.3) is 0 Å². The molecule has 1 aliphatic carbocycles. The van der Waals surface area contributed by atoms with E-state index in [-0.39, 0.29) is 6.04 Å². The van der Waals surface area contributed by atoms with Gasteiger partial charge in [0.2, 0.25) is 11.8 Å². The molecule has 2 fully saturated rings. The molecule has 11 heteroatoms. The molecule has 3 amide bonds. The van der Waals surface area contributed by atoms with Crippen LogP contribution in [0.1, 0.15) is 37.3 Å². The van der Waals surface area contributed by atoms with Crippen molar-refractivity contribution < 1.29 is 33.4 Å². The fourth-order valence-corrected chi connectivity index (χ4v) is 5.46. The van der Waals surface area contributed by atoms with E-state index in [1.165, 1.54) is 29.2 Å². The summed E-state index contributed by atoms with van der Waals surface area (Å²) in [5, 5.41) is 15.8. The second-order valence-corrected chi connectivity index (χ2v) is 10.7. The lowest BCUT2D eigenvalue weighted by Gasteiger charge is -2.24. The Morgan fingerprint density at radius 3 is 2.21 bits per heavy atom. The average molecular weight is 585 g/mol. The van der Waals surface area contributed by atoms with Gasteiger partial charge in [-0.2, -0.15) is 0 Å². The smallest absolute Gasteiger partial charge is 0.407 e. The number of fused-ring (bicyclic) bond motifs is 1. The van der Waals surface area contributed by atoms with Gasteiger partial charge in [-0.1, -0.05) is 0 Å². The van der Waals surface area contributed by atoms with Gasteiger partial charge >= 0.3 is 6.09 Å². The van der Waals surface area contributed by atoms with E-state index in [4.69, 9.17) is 9.47 Å². The van der Waals surface area contributed by atoms with Crippen LogP contribution in [0.2, 0.25) is 0 Å². The number of rotatable bonds is 8. The van der Waals surface area contributed by atoms with Crippen LogP contribution < -0.4 is 20.1 Å². The zero-order valence-electron chi connectivity index (χ0n) is 23.3. The van der Waals surface area contributed by atoms with Crippen molar-refractivity contribution in [3.63, 3.8) is 0 Å². The number of aromatic nitrogens is 1. The lowest BCUT2D eigenvalue weighted by Crippen LogP contribution is -2.35. The topological polar surface area (TPSA) is 130 Å². The van der Waals surface area contributed by atoms with E-state index < -0.39 is 29.1 Å². The average Bonchev–Trinajstić information content (AvgIpc) is 3.68. The molecule has 0 spiro atoms. The first-order valence-corrected chi connectivity index (χ1v) is 13.9. The third-order valence-corrected chi connectivity index (χ3v) is 7.97. The minimum Gasteiger partial charge on any atom is -0.496 e. The standard InChI is InChI=1S/C32H29FN4O6/c1-42-28-18-23-25(17-24(28)26-3-2-16-37(26)31(40)41)34-15-12-27(23)43-22-10-8-21(9-11-22)36-30(39)32(13-14-32)29(38)35-20-6-4-19(33)5-7-20/h4-12,15,17-18,26H,2-3,13-14,16H2,1H3,(H,35,38)(H,36,39)(H,40,41). The van der Waals surface area contributed by atoms with Gasteiger partial charge in [-0.15, -0.1) is 0 Å². The van der Waals surface area contributed by atoms with Crippen LogP contribution in [0.4, 0.5) is 20.6 Å². The zero-order chi connectivity index (χ0) is 30.1. The molecule has 43 heavy (non-hydrogen) atoms. The maximum Gasteiger partial charge on any atom is 0.407 e. The maximum atomic E-state index is 13.2. The van der Waals surface area contributed by atoms with Crippen LogP contribution in [0.5, 0.6) is 17.2 Å². The van der Waals surface area contributed by atoms with Crippen molar-refractivity contribution in [2.24, 2.45) is 5.41 Å². The molecule has 4 aromatic rings. The SMILES string of the molecule is COc1cc2c(Oc3ccc(NC(=O)C4(C(=O)Nc5ccc(F)cc5)CC4)cc3)ccnc2cc1C1CCCN1C(=O)O. The minimum absolute atomic E-state index is 0.310. The van der Waals surface area contributed by atoms with E-state index in [0.29, 0.717) is 65.3 Å². The van der Waals surface area contributed by atoms with E-state index in [9.17, 15) is 23.9 Å². The van der Waals surface area contributed by atoms with Gasteiger partial charge in [0, 0.05) is 35.1 Å². The van der Waals surface area contributed by atoms with Gasteiger partial charge < -0.3 is 30.1 Å². The Balaban J connectivity index is 1.16. The van der Waals surface area contributed by atoms with Crippen LogP contribution >= 0.6 is 0 Å². The number of carboxylic acid groups (broad SMARTS) is 1. The second-order valence-electron chi connectivity index (χ2n) is 10.7. The number of amides is 3. The number of hydrogen-bond acceptors (Lipinski definition) is 6. The number of likely N-dealkylation sites (tertiary alicyclic amines) is 1. The van der Waals surface area contributed by atoms with Crippen LogP contribution in [0.25, 0.3) is 10.9 Å². The van der Waals surface area contributed by atoms with Gasteiger partial charge in [-0.25, -0.2) is 9.18 Å². The number of benzene rings is 3. The zero-order valence-corrected chi connectivity index (χ0v) is 23.3. The fraction of sp³-hybridized carbons (Fsp3) is 0.250. The maximum absolute atomic E-state index is 13.2. The number of carbonyl (C=O) groups is 3. The van der Waals surface area contributed by atoms with Crippen LogP contribution in [0.15, 0.2) is 72.9 Å². The molecule has 1 saturated heterocycles. The molecule has 1 aliphatic heterocycles. The molecule has 220 valence electrons. The quantitative estimate of drug-likeness (QED) is 0.206. The molecule has 6 rings (SSSR count).